The van der Waals surface area contributed by atoms with Crippen molar-refractivity contribution < 1.29 is 41.7 Å². The van der Waals surface area contributed by atoms with E-state index in [0.29, 0.717) is 0 Å². The topological polar surface area (TPSA) is 109 Å². The summed E-state index contributed by atoms with van der Waals surface area (Å²) in [6.07, 6.45) is 0. The van der Waals surface area contributed by atoms with Gasteiger partial charge in [0.1, 0.15) is 0 Å². The smallest absolute Gasteiger partial charge is 2.00 e. The average Bonchev–Trinajstić information content (AvgIpc) is 0.722. The van der Waals surface area contributed by atoms with Crippen LogP contribution >= 0.6 is 0 Å². The predicted molar refractivity (Wildman–Crippen MR) is 15.3 cm³/mol. The molecule has 0 aliphatic rings. The Hall–Kier alpha value is 0.536. The van der Waals surface area contributed by atoms with Gasteiger partial charge in [-0.1, -0.05) is 0 Å². The van der Waals surface area contributed by atoms with Gasteiger partial charge < -0.3 is 24.7 Å². The number of rotatable bonds is 0. The third-order valence-electron chi connectivity index (χ3n) is 0. The second kappa shape index (κ2) is 4.69. The Morgan fingerprint density at radius 3 is 0.857 bits per heavy atom. The van der Waals surface area contributed by atoms with Crippen LogP contribution in [0.3, 0.4) is 0 Å². The molecule has 0 radical (unpaired) electrons. The molecule has 0 spiro atoms. The van der Waals surface area contributed by atoms with Gasteiger partial charge in [0.05, 0.1) is 0 Å². The minimum absolute atomic E-state index is 0. The van der Waals surface area contributed by atoms with Crippen LogP contribution in [-0.2, 0) is 22.5 Å². The molecule has 0 heterocycles. The Kier molecular flexibility index (Phi) is 10.5. The molecule has 0 aliphatic carbocycles. The van der Waals surface area contributed by atoms with E-state index in [4.69, 9.17) is 19.2 Å². The Morgan fingerprint density at radius 1 is 0.857 bits per heavy atom. The first-order valence-corrected chi connectivity index (χ1v) is 2.68. The molecule has 7 heteroatoms. The van der Waals surface area contributed by atoms with Gasteiger partial charge >= 0.3 is 26.1 Å². The molecule has 0 aromatic heterocycles. The van der Waals surface area contributed by atoms with Crippen molar-refractivity contribution in [1.29, 1.82) is 0 Å². The summed E-state index contributed by atoms with van der Waals surface area (Å²) in [7, 11) is -4.61. The molecule has 7 heavy (non-hydrogen) atoms. The molecule has 46 valence electrons. The maximum Gasteiger partial charge on any atom is 2.00 e. The summed E-state index contributed by atoms with van der Waals surface area (Å²) in [4.78, 5) is 29.3. The maximum atomic E-state index is 7.33. The van der Waals surface area contributed by atoms with Crippen LogP contribution in [0, 0.1) is 0 Å². The zero-order valence-electron chi connectivity index (χ0n) is 3.05. The molecule has 5 nitrogen and oxygen atoms in total. The molecular formula is H4FeO5Si. The van der Waals surface area contributed by atoms with E-state index in [0.717, 1.165) is 0 Å². The molecule has 0 amide bonds. The van der Waals surface area contributed by atoms with E-state index in [1.807, 2.05) is 0 Å². The summed E-state index contributed by atoms with van der Waals surface area (Å²) < 4.78 is 0. The van der Waals surface area contributed by atoms with Crippen LogP contribution in [0.2, 0.25) is 0 Å². The molecule has 0 saturated heterocycles. The SMILES string of the molecule is O[Si](O)(O)O.[Fe+2].[O-2]. The maximum absolute atomic E-state index is 7.33. The van der Waals surface area contributed by atoms with Gasteiger partial charge in [-0.3, -0.25) is 0 Å². The molecule has 0 aliphatic heterocycles. The Bertz CT molecular complexity index is 23.6. The van der Waals surface area contributed by atoms with Gasteiger partial charge in [-0.05, 0) is 0 Å². The Morgan fingerprint density at radius 2 is 0.857 bits per heavy atom. The summed E-state index contributed by atoms with van der Waals surface area (Å²) in [5, 5.41) is 0. The van der Waals surface area contributed by atoms with E-state index >= 15 is 0 Å². The van der Waals surface area contributed by atoms with Gasteiger partial charge in [0.25, 0.3) is 0 Å². The molecule has 0 bridgehead atoms. The summed E-state index contributed by atoms with van der Waals surface area (Å²) in [6, 6.07) is 0. The van der Waals surface area contributed by atoms with Crippen molar-refractivity contribution in [3.63, 3.8) is 0 Å². The van der Waals surface area contributed by atoms with Crippen molar-refractivity contribution in [2.24, 2.45) is 0 Å². The summed E-state index contributed by atoms with van der Waals surface area (Å²) in [6.45, 7) is 0. The first-order valence-electron chi connectivity index (χ1n) is 0.894. The van der Waals surface area contributed by atoms with Gasteiger partial charge in [0, 0.05) is 0 Å². The third-order valence-corrected chi connectivity index (χ3v) is 0. The molecule has 0 saturated carbocycles. The van der Waals surface area contributed by atoms with Crippen LogP contribution in [0.15, 0.2) is 0 Å². The van der Waals surface area contributed by atoms with Gasteiger partial charge in [-0.15, -0.1) is 0 Å². The fourth-order valence-electron chi connectivity index (χ4n) is 0. The number of hydrogen-bond acceptors (Lipinski definition) is 4. The van der Waals surface area contributed by atoms with Crippen LogP contribution in [0.4, 0.5) is 0 Å². The minimum atomic E-state index is -4.61. The standard InChI is InChI=1S/Fe.H4O4Si.O/c;1-5(2,3)4;/h;1-4H;/q+2;;-2. The van der Waals surface area contributed by atoms with Crippen molar-refractivity contribution >= 4 is 9.05 Å². The van der Waals surface area contributed by atoms with Crippen LogP contribution < -0.4 is 0 Å². The fraction of sp³-hybridized carbons (Fsp3) is 0. The minimum Gasteiger partial charge on any atom is -2.00 e. The number of hydrogen-bond donors (Lipinski definition) is 4. The van der Waals surface area contributed by atoms with E-state index in [2.05, 4.69) is 0 Å². The van der Waals surface area contributed by atoms with E-state index < -0.39 is 9.05 Å². The van der Waals surface area contributed by atoms with Crippen molar-refractivity contribution in [3.8, 4) is 0 Å². The molecule has 0 rings (SSSR count). The first-order chi connectivity index (χ1) is 2.00. The largest absolute Gasteiger partial charge is 2.00 e. The summed E-state index contributed by atoms with van der Waals surface area (Å²) in [5.41, 5.74) is 0. The van der Waals surface area contributed by atoms with Gasteiger partial charge in [0.15, 0.2) is 0 Å². The molecular weight excluding hydrogens is 164 g/mol. The summed E-state index contributed by atoms with van der Waals surface area (Å²) in [5.74, 6) is 0. The zero-order valence-corrected chi connectivity index (χ0v) is 5.15. The van der Waals surface area contributed by atoms with E-state index in [1.54, 1.807) is 0 Å². The second-order valence-corrected chi connectivity index (χ2v) is 1.80. The van der Waals surface area contributed by atoms with Crippen LogP contribution in [-0.4, -0.2) is 28.2 Å². The molecule has 0 atom stereocenters. The van der Waals surface area contributed by atoms with Crippen LogP contribution in [0.25, 0.3) is 0 Å². The monoisotopic (exact) mass is 168 g/mol. The normalized spacial score (nSPS) is 8.57. The van der Waals surface area contributed by atoms with Gasteiger partial charge in [-0.2, -0.15) is 0 Å². The van der Waals surface area contributed by atoms with Crippen molar-refractivity contribution in [2.45, 2.75) is 0 Å². The van der Waals surface area contributed by atoms with E-state index in [1.165, 1.54) is 0 Å². The van der Waals surface area contributed by atoms with Crippen molar-refractivity contribution in [2.75, 3.05) is 0 Å². The van der Waals surface area contributed by atoms with E-state index in [-0.39, 0.29) is 22.5 Å². The zero-order chi connectivity index (χ0) is 4.50. The second-order valence-electron chi connectivity index (χ2n) is 0.600. The quantitative estimate of drug-likeness (QED) is 0.294. The van der Waals surface area contributed by atoms with Crippen LogP contribution in [0.1, 0.15) is 0 Å². The average molecular weight is 168 g/mol. The van der Waals surface area contributed by atoms with Gasteiger partial charge in [-0.25, -0.2) is 0 Å². The Labute approximate surface area is 51.5 Å². The molecule has 4 N–H and O–H groups in total. The predicted octanol–water partition coefficient (Wildman–Crippen LogP) is -2.73. The molecule has 0 aromatic rings. The first kappa shape index (κ1) is 15.6. The summed E-state index contributed by atoms with van der Waals surface area (Å²) >= 11 is 0. The van der Waals surface area contributed by atoms with Crippen molar-refractivity contribution in [3.05, 3.63) is 0 Å². The fourth-order valence-corrected chi connectivity index (χ4v) is 0. The van der Waals surface area contributed by atoms with E-state index in [9.17, 15) is 0 Å². The van der Waals surface area contributed by atoms with Crippen LogP contribution in [0.5, 0.6) is 0 Å². The molecule has 0 aromatic carbocycles. The molecule has 0 fully saturated rings. The third kappa shape index (κ3) is 468. The molecule has 0 unspecified atom stereocenters. The Balaban J connectivity index is -0.0000000800. The van der Waals surface area contributed by atoms with Crippen molar-refractivity contribution in [1.82, 2.24) is 0 Å². The van der Waals surface area contributed by atoms with Gasteiger partial charge in [0.2, 0.25) is 0 Å².